The van der Waals surface area contributed by atoms with E-state index in [4.69, 9.17) is 19.7 Å². The normalized spacial score (nSPS) is 37.2. The van der Waals surface area contributed by atoms with Crippen molar-refractivity contribution in [3.05, 3.63) is 0 Å². The Balaban J connectivity index is 2.73. The number of rotatable bonds is 8. The Kier molecular flexibility index (Phi) is 7.70. The molecule has 138 valence electrons. The van der Waals surface area contributed by atoms with Gasteiger partial charge in [-0.15, -0.1) is 0 Å². The van der Waals surface area contributed by atoms with Crippen LogP contribution in [0.15, 0.2) is 0 Å². The largest absolute Gasteiger partial charge is 0.394 e. The zero-order chi connectivity index (χ0) is 17.8. The van der Waals surface area contributed by atoms with Crippen LogP contribution in [0.5, 0.6) is 0 Å². The zero-order valence-corrected chi connectivity index (χ0v) is 12.2. The summed E-state index contributed by atoms with van der Waals surface area (Å²) in [5.41, 5.74) is -2.39. The van der Waals surface area contributed by atoms with Crippen molar-refractivity contribution in [2.24, 2.45) is 0 Å². The highest BCUT2D eigenvalue weighted by Gasteiger charge is 2.46. The van der Waals surface area contributed by atoms with E-state index < -0.39 is 74.9 Å². The number of aliphatic hydroxyl groups excluding tert-OH is 8. The molecule has 1 fully saturated rings. The summed E-state index contributed by atoms with van der Waals surface area (Å²) in [4.78, 5) is 0. The molecular weight excluding hydrogens is 320 g/mol. The van der Waals surface area contributed by atoms with Gasteiger partial charge in [0, 0.05) is 0 Å². The van der Waals surface area contributed by atoms with E-state index in [9.17, 15) is 35.7 Å². The average Bonchev–Trinajstić information content (AvgIpc) is 2.57. The lowest BCUT2D eigenvalue weighted by Gasteiger charge is -2.41. The van der Waals surface area contributed by atoms with Gasteiger partial charge in [-0.1, -0.05) is 0 Å². The first-order valence-corrected chi connectivity index (χ1v) is 6.94. The first kappa shape index (κ1) is 20.6. The highest BCUT2D eigenvalue weighted by molar-refractivity contribution is 4.92. The van der Waals surface area contributed by atoms with Crippen LogP contribution in [0.3, 0.4) is 0 Å². The van der Waals surface area contributed by atoms with Crippen LogP contribution in [0, 0.1) is 0 Å². The maximum absolute atomic E-state index is 10.1. The molecule has 1 saturated heterocycles. The van der Waals surface area contributed by atoms with E-state index >= 15 is 0 Å². The van der Waals surface area contributed by atoms with E-state index in [1.165, 1.54) is 0 Å². The third-order valence-corrected chi connectivity index (χ3v) is 3.72. The maximum Gasteiger partial charge on any atom is 0.186 e. The molecule has 23 heavy (non-hydrogen) atoms. The van der Waals surface area contributed by atoms with Crippen molar-refractivity contribution in [2.75, 3.05) is 26.4 Å². The SMILES string of the molecule is OC[C@@H](O)[C@@H](O)[C@](O)(CO)CO[C@H]1O[C@H](CO)[C@H](O)[C@H](O)[C@H]1O. The lowest BCUT2D eigenvalue weighted by molar-refractivity contribution is -0.314. The third-order valence-electron chi connectivity index (χ3n) is 3.72. The van der Waals surface area contributed by atoms with Crippen molar-refractivity contribution in [3.8, 4) is 0 Å². The van der Waals surface area contributed by atoms with E-state index in [-0.39, 0.29) is 0 Å². The fourth-order valence-electron chi connectivity index (χ4n) is 2.11. The van der Waals surface area contributed by atoms with Crippen LogP contribution in [-0.2, 0) is 9.47 Å². The summed E-state index contributed by atoms with van der Waals surface area (Å²) >= 11 is 0. The molecule has 0 bridgehead atoms. The second-order valence-electron chi connectivity index (χ2n) is 5.46. The smallest absolute Gasteiger partial charge is 0.186 e. The molecule has 0 unspecified atom stereocenters. The average molecular weight is 344 g/mol. The molecule has 9 N–H and O–H groups in total. The molecule has 0 aromatic heterocycles. The van der Waals surface area contributed by atoms with Gasteiger partial charge in [-0.3, -0.25) is 0 Å². The van der Waals surface area contributed by atoms with Crippen LogP contribution >= 0.6 is 0 Å². The van der Waals surface area contributed by atoms with E-state index in [1.807, 2.05) is 0 Å². The molecule has 0 amide bonds. The van der Waals surface area contributed by atoms with E-state index in [1.54, 1.807) is 0 Å². The first-order chi connectivity index (χ1) is 10.7. The van der Waals surface area contributed by atoms with Gasteiger partial charge in [-0.25, -0.2) is 0 Å². The van der Waals surface area contributed by atoms with Gasteiger partial charge >= 0.3 is 0 Å². The number of hydrogen-bond donors (Lipinski definition) is 9. The molecule has 0 aliphatic carbocycles. The molecule has 11 nitrogen and oxygen atoms in total. The Bertz CT molecular complexity index is 354. The predicted octanol–water partition coefficient (Wildman–Crippen LogP) is -5.76. The molecule has 1 heterocycles. The van der Waals surface area contributed by atoms with Gasteiger partial charge in [-0.05, 0) is 0 Å². The summed E-state index contributed by atoms with van der Waals surface area (Å²) in [6.07, 6.45) is -11.5. The van der Waals surface area contributed by atoms with Gasteiger partial charge in [0.25, 0.3) is 0 Å². The molecule has 0 radical (unpaired) electrons. The van der Waals surface area contributed by atoms with Crippen molar-refractivity contribution in [1.29, 1.82) is 0 Å². The van der Waals surface area contributed by atoms with Crippen LogP contribution in [0.1, 0.15) is 0 Å². The fourth-order valence-corrected chi connectivity index (χ4v) is 2.11. The summed E-state index contributed by atoms with van der Waals surface area (Å²) in [6.45, 7) is -3.46. The van der Waals surface area contributed by atoms with Crippen LogP contribution < -0.4 is 0 Å². The number of aliphatic hydroxyl groups is 9. The molecule has 0 aromatic rings. The molecule has 1 aliphatic heterocycles. The summed E-state index contributed by atoms with van der Waals surface area (Å²) < 4.78 is 10.0. The van der Waals surface area contributed by atoms with Crippen molar-refractivity contribution >= 4 is 0 Å². The lowest BCUT2D eigenvalue weighted by Crippen LogP contribution is -2.61. The van der Waals surface area contributed by atoms with Crippen LogP contribution in [-0.4, -0.2) is 121 Å². The molecule has 1 aliphatic rings. The zero-order valence-electron chi connectivity index (χ0n) is 12.2. The fraction of sp³-hybridized carbons (Fsp3) is 1.00. The van der Waals surface area contributed by atoms with Crippen LogP contribution in [0.25, 0.3) is 0 Å². The second-order valence-corrected chi connectivity index (χ2v) is 5.46. The molecule has 0 spiro atoms. The predicted molar refractivity (Wildman–Crippen MR) is 70.9 cm³/mol. The van der Waals surface area contributed by atoms with E-state index in [0.29, 0.717) is 0 Å². The van der Waals surface area contributed by atoms with Crippen molar-refractivity contribution in [1.82, 2.24) is 0 Å². The molecule has 11 heteroatoms. The van der Waals surface area contributed by atoms with Crippen molar-refractivity contribution in [3.63, 3.8) is 0 Å². The molecule has 0 saturated carbocycles. The van der Waals surface area contributed by atoms with Crippen LogP contribution in [0.4, 0.5) is 0 Å². The minimum Gasteiger partial charge on any atom is -0.394 e. The van der Waals surface area contributed by atoms with Crippen LogP contribution in [0.2, 0.25) is 0 Å². The molecule has 0 aromatic carbocycles. The quantitative estimate of drug-likeness (QED) is 0.203. The topological polar surface area (TPSA) is 201 Å². The highest BCUT2D eigenvalue weighted by atomic mass is 16.7. The van der Waals surface area contributed by atoms with Gasteiger partial charge in [0.2, 0.25) is 0 Å². The Morgan fingerprint density at radius 1 is 1.00 bits per heavy atom. The van der Waals surface area contributed by atoms with Gasteiger partial charge in [0.1, 0.15) is 42.2 Å². The van der Waals surface area contributed by atoms with E-state index in [2.05, 4.69) is 0 Å². The van der Waals surface area contributed by atoms with Crippen molar-refractivity contribution < 1.29 is 55.4 Å². The van der Waals surface area contributed by atoms with Crippen molar-refractivity contribution in [2.45, 2.75) is 48.5 Å². The minimum atomic E-state index is -2.39. The number of ether oxygens (including phenoxy) is 2. The van der Waals surface area contributed by atoms with Gasteiger partial charge < -0.3 is 55.4 Å². The Hall–Kier alpha value is -0.440. The summed E-state index contributed by atoms with van der Waals surface area (Å²) in [5.74, 6) is 0. The molecular formula is C12H24O11. The maximum atomic E-state index is 10.1. The Morgan fingerprint density at radius 3 is 2.09 bits per heavy atom. The number of hydrogen-bond acceptors (Lipinski definition) is 11. The molecule has 1 rings (SSSR count). The van der Waals surface area contributed by atoms with E-state index in [0.717, 1.165) is 0 Å². The lowest BCUT2D eigenvalue weighted by atomic mass is 9.94. The van der Waals surface area contributed by atoms with Gasteiger partial charge in [-0.2, -0.15) is 0 Å². The first-order valence-electron chi connectivity index (χ1n) is 6.94. The summed E-state index contributed by atoms with van der Waals surface area (Å²) in [5, 5.41) is 85.0. The monoisotopic (exact) mass is 344 g/mol. The standard InChI is InChI=1S/C12H24O11/c13-1-5(16)10(20)12(21,3-15)4-22-11-9(19)8(18)7(17)6(2-14)23-11/h5-11,13-21H,1-4H2/t5-,6-,7+,8+,9-,10-,11+,12+/m1/s1. The summed E-state index contributed by atoms with van der Waals surface area (Å²) in [7, 11) is 0. The second kappa shape index (κ2) is 8.60. The Morgan fingerprint density at radius 2 is 1.61 bits per heavy atom. The highest BCUT2D eigenvalue weighted by Crippen LogP contribution is 2.24. The molecule has 8 atom stereocenters. The Labute approximate surface area is 131 Å². The third kappa shape index (κ3) is 4.55. The minimum absolute atomic E-state index is 0.680. The summed E-state index contributed by atoms with van der Waals surface area (Å²) in [6, 6.07) is 0. The van der Waals surface area contributed by atoms with Gasteiger partial charge in [0.15, 0.2) is 6.29 Å². The van der Waals surface area contributed by atoms with Gasteiger partial charge in [0.05, 0.1) is 26.4 Å².